The second-order valence-electron chi connectivity index (χ2n) is 4.97. The summed E-state index contributed by atoms with van der Waals surface area (Å²) >= 11 is 0. The first kappa shape index (κ1) is 12.2. The number of benzene rings is 1. The van der Waals surface area contributed by atoms with Crippen LogP contribution in [0.25, 0.3) is 0 Å². The number of rotatable bonds is 3. The number of ether oxygens (including phenoxy) is 1. The molecule has 1 unspecified atom stereocenters. The second kappa shape index (κ2) is 5.01. The number of methoxy groups -OCH3 is 1. The van der Waals surface area contributed by atoms with Crippen LogP contribution in [0.15, 0.2) is 24.3 Å². The molecule has 1 aromatic carbocycles. The Morgan fingerprint density at radius 1 is 1.42 bits per heavy atom. The number of fused-ring (bicyclic) bond motifs is 1. The van der Waals surface area contributed by atoms with Gasteiger partial charge in [0.1, 0.15) is 17.4 Å². The maximum absolute atomic E-state index is 6.02. The minimum Gasteiger partial charge on any atom is -0.497 e. The molecule has 1 aliphatic heterocycles. The molecule has 2 aromatic rings. The van der Waals surface area contributed by atoms with E-state index in [0.29, 0.717) is 0 Å². The third kappa shape index (κ3) is 2.46. The van der Waals surface area contributed by atoms with Crippen molar-refractivity contribution in [2.24, 2.45) is 5.73 Å². The van der Waals surface area contributed by atoms with E-state index < -0.39 is 0 Å². The lowest BCUT2D eigenvalue weighted by Gasteiger charge is -2.20. The highest BCUT2D eigenvalue weighted by Gasteiger charge is 2.20. The Morgan fingerprint density at radius 2 is 2.32 bits per heavy atom. The molecule has 0 fully saturated rings. The van der Waals surface area contributed by atoms with Gasteiger partial charge in [-0.15, -0.1) is 10.2 Å². The van der Waals surface area contributed by atoms with E-state index in [4.69, 9.17) is 10.5 Å². The van der Waals surface area contributed by atoms with E-state index in [-0.39, 0.29) is 6.04 Å². The topological polar surface area (TPSA) is 66.0 Å². The molecule has 5 heteroatoms. The third-order valence-corrected chi connectivity index (χ3v) is 3.56. The Morgan fingerprint density at radius 3 is 3.16 bits per heavy atom. The van der Waals surface area contributed by atoms with E-state index in [1.807, 2.05) is 18.2 Å². The number of nitrogens with two attached hydrogens (primary N) is 1. The van der Waals surface area contributed by atoms with Crippen LogP contribution in [0.2, 0.25) is 0 Å². The number of nitrogens with zero attached hydrogens (tertiary/aromatic N) is 3. The van der Waals surface area contributed by atoms with Gasteiger partial charge in [0.2, 0.25) is 0 Å². The first-order valence-corrected chi connectivity index (χ1v) is 6.55. The Balaban J connectivity index is 1.85. The molecule has 2 heterocycles. The summed E-state index contributed by atoms with van der Waals surface area (Å²) < 4.78 is 7.40. The molecule has 19 heavy (non-hydrogen) atoms. The lowest BCUT2D eigenvalue weighted by atomic mass is 10.1. The SMILES string of the molecule is COc1cccc(Cc2nnc3n2CC(N)CC3)c1. The minimum absolute atomic E-state index is 0.215. The molecular weight excluding hydrogens is 240 g/mol. The van der Waals surface area contributed by atoms with Gasteiger partial charge in [-0.1, -0.05) is 12.1 Å². The van der Waals surface area contributed by atoms with Gasteiger partial charge in [0.25, 0.3) is 0 Å². The molecule has 0 radical (unpaired) electrons. The molecule has 0 bridgehead atoms. The quantitative estimate of drug-likeness (QED) is 0.897. The van der Waals surface area contributed by atoms with Crippen molar-refractivity contribution in [1.29, 1.82) is 0 Å². The highest BCUT2D eigenvalue weighted by molar-refractivity contribution is 5.30. The van der Waals surface area contributed by atoms with Gasteiger partial charge in [-0.2, -0.15) is 0 Å². The zero-order valence-corrected chi connectivity index (χ0v) is 11.0. The van der Waals surface area contributed by atoms with Gasteiger partial charge in [0.05, 0.1) is 7.11 Å². The van der Waals surface area contributed by atoms with E-state index in [1.54, 1.807) is 7.11 Å². The maximum atomic E-state index is 6.02. The van der Waals surface area contributed by atoms with Gasteiger partial charge < -0.3 is 15.0 Å². The molecule has 0 spiro atoms. The molecule has 0 saturated heterocycles. The van der Waals surface area contributed by atoms with Gasteiger partial charge in [0.15, 0.2) is 0 Å². The average Bonchev–Trinajstić information content (AvgIpc) is 2.81. The predicted molar refractivity (Wildman–Crippen MR) is 72.1 cm³/mol. The Hall–Kier alpha value is -1.88. The van der Waals surface area contributed by atoms with E-state index >= 15 is 0 Å². The van der Waals surface area contributed by atoms with Crippen LogP contribution in [0, 0.1) is 0 Å². The van der Waals surface area contributed by atoms with Crippen molar-refractivity contribution in [3.8, 4) is 5.75 Å². The zero-order valence-electron chi connectivity index (χ0n) is 11.0. The minimum atomic E-state index is 0.215. The smallest absolute Gasteiger partial charge is 0.137 e. The molecule has 1 aliphatic rings. The summed E-state index contributed by atoms with van der Waals surface area (Å²) in [4.78, 5) is 0. The average molecular weight is 258 g/mol. The fourth-order valence-electron chi connectivity index (χ4n) is 2.50. The zero-order chi connectivity index (χ0) is 13.2. The van der Waals surface area contributed by atoms with Crippen LogP contribution in [0.1, 0.15) is 23.6 Å². The van der Waals surface area contributed by atoms with Crippen LogP contribution in [-0.4, -0.2) is 27.9 Å². The number of aryl methyl sites for hydroxylation is 1. The second-order valence-corrected chi connectivity index (χ2v) is 4.97. The normalized spacial score (nSPS) is 18.1. The molecule has 2 N–H and O–H groups in total. The Kier molecular flexibility index (Phi) is 3.21. The van der Waals surface area contributed by atoms with Crippen molar-refractivity contribution < 1.29 is 4.74 Å². The van der Waals surface area contributed by atoms with Crippen molar-refractivity contribution in [3.63, 3.8) is 0 Å². The number of hydrogen-bond donors (Lipinski definition) is 1. The van der Waals surface area contributed by atoms with Crippen LogP contribution in [0.3, 0.4) is 0 Å². The van der Waals surface area contributed by atoms with Crippen LogP contribution in [-0.2, 0) is 19.4 Å². The largest absolute Gasteiger partial charge is 0.497 e. The van der Waals surface area contributed by atoms with Crippen LogP contribution in [0.4, 0.5) is 0 Å². The lowest BCUT2D eigenvalue weighted by Crippen LogP contribution is -2.32. The summed E-state index contributed by atoms with van der Waals surface area (Å²) in [6.45, 7) is 0.821. The van der Waals surface area contributed by atoms with Crippen molar-refractivity contribution in [1.82, 2.24) is 14.8 Å². The summed E-state index contributed by atoms with van der Waals surface area (Å²) in [5, 5.41) is 8.56. The van der Waals surface area contributed by atoms with Crippen molar-refractivity contribution >= 4 is 0 Å². The fraction of sp³-hybridized carbons (Fsp3) is 0.429. The standard InChI is InChI=1S/C14H18N4O/c1-19-12-4-2-3-10(7-12)8-14-17-16-13-6-5-11(15)9-18(13)14/h2-4,7,11H,5-6,8-9,15H2,1H3. The first-order chi connectivity index (χ1) is 9.26. The Labute approximate surface area is 112 Å². The van der Waals surface area contributed by atoms with E-state index in [0.717, 1.165) is 43.2 Å². The van der Waals surface area contributed by atoms with E-state index in [2.05, 4.69) is 20.8 Å². The van der Waals surface area contributed by atoms with Crippen molar-refractivity contribution in [3.05, 3.63) is 41.5 Å². The molecule has 3 rings (SSSR count). The highest BCUT2D eigenvalue weighted by atomic mass is 16.5. The monoisotopic (exact) mass is 258 g/mol. The van der Waals surface area contributed by atoms with Gasteiger partial charge in [-0.05, 0) is 24.1 Å². The van der Waals surface area contributed by atoms with Gasteiger partial charge in [0, 0.05) is 25.4 Å². The van der Waals surface area contributed by atoms with Crippen LogP contribution in [0.5, 0.6) is 5.75 Å². The van der Waals surface area contributed by atoms with E-state index in [1.165, 1.54) is 5.56 Å². The summed E-state index contributed by atoms with van der Waals surface area (Å²) in [6.07, 6.45) is 2.68. The summed E-state index contributed by atoms with van der Waals surface area (Å²) in [6, 6.07) is 8.26. The Bertz CT molecular complexity index is 579. The molecule has 1 aromatic heterocycles. The number of aromatic nitrogens is 3. The van der Waals surface area contributed by atoms with Gasteiger partial charge >= 0.3 is 0 Å². The van der Waals surface area contributed by atoms with Crippen molar-refractivity contribution in [2.45, 2.75) is 31.8 Å². The fourth-order valence-corrected chi connectivity index (χ4v) is 2.50. The van der Waals surface area contributed by atoms with E-state index in [9.17, 15) is 0 Å². The molecule has 0 aliphatic carbocycles. The lowest BCUT2D eigenvalue weighted by molar-refractivity contribution is 0.414. The predicted octanol–water partition coefficient (Wildman–Crippen LogP) is 1.15. The third-order valence-electron chi connectivity index (χ3n) is 3.56. The molecule has 0 saturated carbocycles. The summed E-state index contributed by atoms with van der Waals surface area (Å²) in [7, 11) is 1.68. The first-order valence-electron chi connectivity index (χ1n) is 6.55. The number of hydrogen-bond acceptors (Lipinski definition) is 4. The molecule has 5 nitrogen and oxygen atoms in total. The van der Waals surface area contributed by atoms with Crippen molar-refractivity contribution in [2.75, 3.05) is 7.11 Å². The maximum Gasteiger partial charge on any atom is 0.137 e. The van der Waals surface area contributed by atoms with Gasteiger partial charge in [-0.25, -0.2) is 0 Å². The van der Waals surface area contributed by atoms with Gasteiger partial charge in [-0.3, -0.25) is 0 Å². The summed E-state index contributed by atoms with van der Waals surface area (Å²) in [5.41, 5.74) is 7.20. The molecule has 100 valence electrons. The van der Waals surface area contributed by atoms with Crippen LogP contribution < -0.4 is 10.5 Å². The molecular formula is C14H18N4O. The molecule has 0 amide bonds. The van der Waals surface area contributed by atoms with Crippen LogP contribution >= 0.6 is 0 Å². The molecule has 1 atom stereocenters. The summed E-state index contributed by atoms with van der Waals surface area (Å²) in [5.74, 6) is 2.91. The highest BCUT2D eigenvalue weighted by Crippen LogP contribution is 2.18.